The molecule has 0 bridgehead atoms. The number of rotatable bonds is 3. The lowest BCUT2D eigenvalue weighted by Gasteiger charge is -2.31. The summed E-state index contributed by atoms with van der Waals surface area (Å²) in [5, 5.41) is 0. The van der Waals surface area contributed by atoms with Crippen LogP contribution in [0.4, 0.5) is 5.69 Å². The highest BCUT2D eigenvalue weighted by Gasteiger charge is 2.19. The molecule has 0 saturated heterocycles. The Morgan fingerprint density at radius 1 is 1.20 bits per heavy atom. The predicted molar refractivity (Wildman–Crippen MR) is 77.9 cm³/mol. The van der Waals surface area contributed by atoms with Gasteiger partial charge in [-0.1, -0.05) is 30.3 Å². The number of hydrogen-bond acceptors (Lipinski definition) is 3. The number of carbonyl (C=O) groups excluding carboxylic acids is 1. The van der Waals surface area contributed by atoms with Gasteiger partial charge in [0.05, 0.1) is 12.2 Å². The number of anilines is 1. The van der Waals surface area contributed by atoms with E-state index in [1.807, 2.05) is 24.3 Å². The molecule has 4 heteroatoms. The maximum absolute atomic E-state index is 11.3. The van der Waals surface area contributed by atoms with E-state index >= 15 is 0 Å². The zero-order valence-electron chi connectivity index (χ0n) is 11.1. The molecule has 20 heavy (non-hydrogen) atoms. The van der Waals surface area contributed by atoms with Crippen LogP contribution in [0.2, 0.25) is 0 Å². The molecule has 0 aromatic heterocycles. The van der Waals surface area contributed by atoms with Crippen LogP contribution in [0.15, 0.2) is 48.5 Å². The maximum atomic E-state index is 11.3. The normalized spacial score (nSPS) is 13.5. The monoisotopic (exact) mass is 268 g/mol. The predicted octanol–water partition coefficient (Wildman–Crippen LogP) is 2.18. The van der Waals surface area contributed by atoms with Gasteiger partial charge in [0.15, 0.2) is 0 Å². The Morgan fingerprint density at radius 2 is 2.00 bits per heavy atom. The molecule has 4 nitrogen and oxygen atoms in total. The van der Waals surface area contributed by atoms with Crippen LogP contribution in [0.25, 0.3) is 0 Å². The largest absolute Gasteiger partial charge is 0.490 e. The lowest BCUT2D eigenvalue weighted by molar-refractivity contribution is 0.1000. The Morgan fingerprint density at radius 3 is 2.75 bits per heavy atom. The highest BCUT2D eigenvalue weighted by atomic mass is 16.5. The average Bonchev–Trinajstić information content (AvgIpc) is 2.48. The third kappa shape index (κ3) is 2.45. The van der Waals surface area contributed by atoms with E-state index in [0.717, 1.165) is 24.5 Å². The fraction of sp³-hybridized carbons (Fsp3) is 0.188. The van der Waals surface area contributed by atoms with Crippen LogP contribution in [-0.2, 0) is 6.54 Å². The van der Waals surface area contributed by atoms with Crippen molar-refractivity contribution in [2.24, 2.45) is 5.73 Å². The second-order valence-electron chi connectivity index (χ2n) is 4.80. The molecule has 2 aromatic carbocycles. The van der Waals surface area contributed by atoms with Crippen molar-refractivity contribution >= 4 is 11.6 Å². The molecule has 3 rings (SSSR count). The molecular formula is C16H16N2O2. The number of fused-ring (bicyclic) bond motifs is 1. The molecule has 0 radical (unpaired) electrons. The molecule has 0 unspecified atom stereocenters. The van der Waals surface area contributed by atoms with Crippen molar-refractivity contribution in [2.45, 2.75) is 6.54 Å². The van der Waals surface area contributed by atoms with E-state index < -0.39 is 5.91 Å². The molecule has 2 N–H and O–H groups in total. The quantitative estimate of drug-likeness (QED) is 0.928. The van der Waals surface area contributed by atoms with Gasteiger partial charge in [0.1, 0.15) is 12.4 Å². The van der Waals surface area contributed by atoms with Crippen molar-refractivity contribution in [1.29, 1.82) is 0 Å². The molecule has 1 heterocycles. The molecule has 1 aliphatic heterocycles. The zero-order chi connectivity index (χ0) is 13.9. The van der Waals surface area contributed by atoms with Gasteiger partial charge in [0, 0.05) is 12.1 Å². The van der Waals surface area contributed by atoms with E-state index in [1.54, 1.807) is 12.1 Å². The highest BCUT2D eigenvalue weighted by Crippen LogP contribution is 2.33. The van der Waals surface area contributed by atoms with Crippen molar-refractivity contribution in [1.82, 2.24) is 0 Å². The van der Waals surface area contributed by atoms with Crippen LogP contribution in [0.3, 0.4) is 0 Å². The number of amides is 1. The second kappa shape index (κ2) is 5.25. The lowest BCUT2D eigenvalue weighted by atomic mass is 10.1. The number of nitrogens with zero attached hydrogens (tertiary/aromatic N) is 1. The topological polar surface area (TPSA) is 55.6 Å². The average molecular weight is 268 g/mol. The summed E-state index contributed by atoms with van der Waals surface area (Å²) in [5.41, 5.74) is 8.01. The minimum atomic E-state index is -0.418. The van der Waals surface area contributed by atoms with E-state index in [2.05, 4.69) is 17.0 Å². The Hall–Kier alpha value is -2.49. The fourth-order valence-electron chi connectivity index (χ4n) is 2.39. The molecule has 1 aliphatic rings. The summed E-state index contributed by atoms with van der Waals surface area (Å²) in [4.78, 5) is 13.5. The van der Waals surface area contributed by atoms with Crippen LogP contribution in [-0.4, -0.2) is 19.1 Å². The summed E-state index contributed by atoms with van der Waals surface area (Å²) >= 11 is 0. The van der Waals surface area contributed by atoms with Crippen LogP contribution < -0.4 is 15.4 Å². The number of carbonyl (C=O) groups is 1. The second-order valence-corrected chi connectivity index (χ2v) is 4.80. The summed E-state index contributed by atoms with van der Waals surface area (Å²) in [5.74, 6) is 0.384. The number of benzene rings is 2. The van der Waals surface area contributed by atoms with Gasteiger partial charge in [-0.2, -0.15) is 0 Å². The first-order valence-corrected chi connectivity index (χ1v) is 6.59. The van der Waals surface area contributed by atoms with Crippen molar-refractivity contribution in [3.05, 3.63) is 59.7 Å². The van der Waals surface area contributed by atoms with Gasteiger partial charge in [-0.25, -0.2) is 0 Å². The molecule has 0 atom stereocenters. The Labute approximate surface area is 117 Å². The van der Waals surface area contributed by atoms with Gasteiger partial charge < -0.3 is 15.4 Å². The SMILES string of the molecule is NC(=O)c1ccc2c(c1)N(Cc1ccccc1)CCO2. The molecule has 0 fully saturated rings. The van der Waals surface area contributed by atoms with Crippen molar-refractivity contribution in [2.75, 3.05) is 18.1 Å². The zero-order valence-corrected chi connectivity index (χ0v) is 11.1. The first-order valence-electron chi connectivity index (χ1n) is 6.59. The fourth-order valence-corrected chi connectivity index (χ4v) is 2.39. The van der Waals surface area contributed by atoms with Crippen LogP contribution in [0, 0.1) is 0 Å². The third-order valence-electron chi connectivity index (χ3n) is 3.42. The summed E-state index contributed by atoms with van der Waals surface area (Å²) in [6.45, 7) is 2.24. The van der Waals surface area contributed by atoms with Crippen molar-refractivity contribution in [3.8, 4) is 5.75 Å². The smallest absolute Gasteiger partial charge is 0.248 e. The van der Waals surface area contributed by atoms with E-state index in [9.17, 15) is 4.79 Å². The molecule has 2 aromatic rings. The minimum Gasteiger partial charge on any atom is -0.490 e. The summed E-state index contributed by atoms with van der Waals surface area (Å²) in [6.07, 6.45) is 0. The van der Waals surface area contributed by atoms with Crippen LogP contribution in [0.1, 0.15) is 15.9 Å². The van der Waals surface area contributed by atoms with Crippen molar-refractivity contribution in [3.63, 3.8) is 0 Å². The minimum absolute atomic E-state index is 0.418. The van der Waals surface area contributed by atoms with Gasteiger partial charge in [-0.15, -0.1) is 0 Å². The van der Waals surface area contributed by atoms with E-state index in [1.165, 1.54) is 5.56 Å². The van der Waals surface area contributed by atoms with Gasteiger partial charge in [-0.05, 0) is 23.8 Å². The molecule has 102 valence electrons. The van der Waals surface area contributed by atoms with Crippen molar-refractivity contribution < 1.29 is 9.53 Å². The first kappa shape index (κ1) is 12.5. The number of ether oxygens (including phenoxy) is 1. The number of primary amides is 1. The molecule has 1 amide bonds. The Kier molecular flexibility index (Phi) is 3.29. The first-order chi connectivity index (χ1) is 9.74. The summed E-state index contributed by atoms with van der Waals surface area (Å²) in [6, 6.07) is 15.6. The van der Waals surface area contributed by atoms with E-state index in [4.69, 9.17) is 10.5 Å². The molecule has 0 aliphatic carbocycles. The van der Waals surface area contributed by atoms with Gasteiger partial charge >= 0.3 is 0 Å². The van der Waals surface area contributed by atoms with Gasteiger partial charge in [0.2, 0.25) is 5.91 Å². The molecular weight excluding hydrogens is 252 g/mol. The van der Waals surface area contributed by atoms with E-state index in [-0.39, 0.29) is 0 Å². The molecule has 0 spiro atoms. The number of hydrogen-bond donors (Lipinski definition) is 1. The summed E-state index contributed by atoms with van der Waals surface area (Å²) in [7, 11) is 0. The van der Waals surface area contributed by atoms with Gasteiger partial charge in [0.25, 0.3) is 0 Å². The lowest BCUT2D eigenvalue weighted by Crippen LogP contribution is -2.32. The standard InChI is InChI=1S/C16H16N2O2/c17-16(19)13-6-7-15-14(10-13)18(8-9-20-15)11-12-4-2-1-3-5-12/h1-7,10H,8-9,11H2,(H2,17,19). The third-order valence-corrected chi connectivity index (χ3v) is 3.42. The molecule has 0 saturated carbocycles. The van der Waals surface area contributed by atoms with Gasteiger partial charge in [-0.3, -0.25) is 4.79 Å². The Bertz CT molecular complexity index is 626. The van der Waals surface area contributed by atoms with E-state index in [0.29, 0.717) is 12.2 Å². The maximum Gasteiger partial charge on any atom is 0.248 e. The van der Waals surface area contributed by atoms with Crippen LogP contribution >= 0.6 is 0 Å². The Balaban J connectivity index is 1.92. The number of nitrogens with two attached hydrogens (primary N) is 1. The highest BCUT2D eigenvalue weighted by molar-refractivity contribution is 5.94. The summed E-state index contributed by atoms with van der Waals surface area (Å²) < 4.78 is 5.63. The van der Waals surface area contributed by atoms with Crippen LogP contribution in [0.5, 0.6) is 5.75 Å².